The molecule has 0 bridgehead atoms. The maximum absolute atomic E-state index is 13.6. The highest BCUT2D eigenvalue weighted by Gasteiger charge is 2.43. The third kappa shape index (κ3) is 4.28. The Morgan fingerprint density at radius 2 is 1.88 bits per heavy atom. The average molecular weight is 435 g/mol. The van der Waals surface area contributed by atoms with E-state index in [0.29, 0.717) is 42.2 Å². The summed E-state index contributed by atoms with van der Waals surface area (Å²) in [6, 6.07) is 14.8. The first-order valence-electron chi connectivity index (χ1n) is 11.3. The van der Waals surface area contributed by atoms with E-state index < -0.39 is 0 Å². The Kier molecular flexibility index (Phi) is 6.61. The number of carbonyl (C=O) groups excluding carboxylic acids is 2. The quantitative estimate of drug-likeness (QED) is 0.672. The van der Waals surface area contributed by atoms with Gasteiger partial charge in [-0.3, -0.25) is 9.59 Å². The molecule has 2 aromatic carbocycles. The van der Waals surface area contributed by atoms with E-state index in [1.807, 2.05) is 61.2 Å². The van der Waals surface area contributed by atoms with E-state index in [9.17, 15) is 14.7 Å². The number of benzene rings is 2. The number of aliphatic hydroxyl groups is 1. The van der Waals surface area contributed by atoms with Crippen LogP contribution in [-0.4, -0.2) is 48.1 Å². The van der Waals surface area contributed by atoms with E-state index in [4.69, 9.17) is 4.74 Å². The van der Waals surface area contributed by atoms with E-state index >= 15 is 0 Å². The van der Waals surface area contributed by atoms with Crippen LogP contribution in [-0.2, 0) is 9.59 Å². The number of hydrogen-bond donors (Lipinski definition) is 1. The molecule has 1 N–H and O–H groups in total. The van der Waals surface area contributed by atoms with Gasteiger partial charge in [0.25, 0.3) is 11.8 Å². The van der Waals surface area contributed by atoms with Gasteiger partial charge in [0.15, 0.2) is 0 Å². The SMILES string of the molecule is CCCOc1ccc(C2=C(N3CCCC(CO)C3)C(=O)N(c3cccc(C)c3)C2=O)cc1. The van der Waals surface area contributed by atoms with Gasteiger partial charge in [-0.1, -0.05) is 31.2 Å². The zero-order chi connectivity index (χ0) is 22.7. The van der Waals surface area contributed by atoms with Crippen LogP contribution in [0, 0.1) is 12.8 Å². The van der Waals surface area contributed by atoms with Gasteiger partial charge >= 0.3 is 0 Å². The molecule has 1 fully saturated rings. The van der Waals surface area contributed by atoms with Crippen molar-refractivity contribution in [2.24, 2.45) is 5.92 Å². The Hall–Kier alpha value is -3.12. The van der Waals surface area contributed by atoms with E-state index in [0.717, 1.165) is 30.6 Å². The molecular weight excluding hydrogens is 404 g/mol. The summed E-state index contributed by atoms with van der Waals surface area (Å²) >= 11 is 0. The molecule has 2 aliphatic heterocycles. The van der Waals surface area contributed by atoms with Crippen LogP contribution in [0.4, 0.5) is 5.69 Å². The van der Waals surface area contributed by atoms with Crippen molar-refractivity contribution in [1.82, 2.24) is 4.90 Å². The van der Waals surface area contributed by atoms with Crippen LogP contribution in [0.5, 0.6) is 5.75 Å². The summed E-state index contributed by atoms with van der Waals surface area (Å²) in [5.74, 6) is 0.214. The third-order valence-corrected chi connectivity index (χ3v) is 6.03. The first kappa shape index (κ1) is 22.1. The number of rotatable bonds is 7. The smallest absolute Gasteiger partial charge is 0.282 e. The molecule has 0 aromatic heterocycles. The number of anilines is 1. The molecule has 168 valence electrons. The molecule has 0 aliphatic carbocycles. The third-order valence-electron chi connectivity index (χ3n) is 6.03. The molecule has 1 atom stereocenters. The van der Waals surface area contributed by atoms with Crippen LogP contribution in [0.25, 0.3) is 5.57 Å². The van der Waals surface area contributed by atoms with E-state index in [1.165, 1.54) is 4.90 Å². The zero-order valence-electron chi connectivity index (χ0n) is 18.7. The largest absolute Gasteiger partial charge is 0.494 e. The summed E-state index contributed by atoms with van der Waals surface area (Å²) in [4.78, 5) is 30.5. The number of imide groups is 1. The predicted molar refractivity (Wildman–Crippen MR) is 124 cm³/mol. The highest BCUT2D eigenvalue weighted by Crippen LogP contribution is 2.37. The van der Waals surface area contributed by atoms with Crippen LogP contribution >= 0.6 is 0 Å². The lowest BCUT2D eigenvalue weighted by molar-refractivity contribution is -0.120. The summed E-state index contributed by atoms with van der Waals surface area (Å²) < 4.78 is 5.68. The summed E-state index contributed by atoms with van der Waals surface area (Å²) in [6.07, 6.45) is 2.71. The molecular formula is C26H30N2O4. The van der Waals surface area contributed by atoms with Gasteiger partial charge in [-0.05, 0) is 67.5 Å². The minimum atomic E-state index is -0.316. The average Bonchev–Trinajstić information content (AvgIpc) is 3.08. The van der Waals surface area contributed by atoms with Crippen molar-refractivity contribution < 1.29 is 19.4 Å². The molecule has 2 aliphatic rings. The Balaban J connectivity index is 1.76. The highest BCUT2D eigenvalue weighted by molar-refractivity contribution is 6.45. The highest BCUT2D eigenvalue weighted by atomic mass is 16.5. The molecule has 2 heterocycles. The number of likely N-dealkylation sites (tertiary alicyclic amines) is 1. The van der Waals surface area contributed by atoms with Gasteiger partial charge in [-0.15, -0.1) is 0 Å². The maximum atomic E-state index is 13.6. The summed E-state index contributed by atoms with van der Waals surface area (Å²) in [5, 5.41) is 9.70. The molecule has 2 amide bonds. The molecule has 2 aromatic rings. The fourth-order valence-corrected chi connectivity index (χ4v) is 4.43. The van der Waals surface area contributed by atoms with Gasteiger partial charge in [0, 0.05) is 19.7 Å². The minimum Gasteiger partial charge on any atom is -0.494 e. The molecule has 0 saturated carbocycles. The lowest BCUT2D eigenvalue weighted by Crippen LogP contribution is -2.40. The number of piperidine rings is 1. The Labute approximate surface area is 189 Å². The maximum Gasteiger partial charge on any atom is 0.282 e. The van der Waals surface area contributed by atoms with Crippen LogP contribution < -0.4 is 9.64 Å². The number of aryl methyl sites for hydroxylation is 1. The topological polar surface area (TPSA) is 70.1 Å². The van der Waals surface area contributed by atoms with Crippen LogP contribution in [0.2, 0.25) is 0 Å². The van der Waals surface area contributed by atoms with Gasteiger partial charge in [0.1, 0.15) is 11.4 Å². The monoisotopic (exact) mass is 434 g/mol. The van der Waals surface area contributed by atoms with E-state index in [-0.39, 0.29) is 24.3 Å². The van der Waals surface area contributed by atoms with Crippen molar-refractivity contribution >= 4 is 23.1 Å². The lowest BCUT2D eigenvalue weighted by Gasteiger charge is -2.34. The molecule has 6 heteroatoms. The molecule has 1 unspecified atom stereocenters. The fraction of sp³-hybridized carbons (Fsp3) is 0.385. The van der Waals surface area contributed by atoms with Crippen molar-refractivity contribution in [2.75, 3.05) is 31.2 Å². The normalized spacial score (nSPS) is 19.2. The first-order chi connectivity index (χ1) is 15.5. The first-order valence-corrected chi connectivity index (χ1v) is 11.3. The number of amides is 2. The van der Waals surface area contributed by atoms with E-state index in [2.05, 4.69) is 0 Å². The number of ether oxygens (including phenoxy) is 1. The molecule has 4 rings (SSSR count). The van der Waals surface area contributed by atoms with Gasteiger partial charge in [-0.2, -0.15) is 0 Å². The second kappa shape index (κ2) is 9.57. The van der Waals surface area contributed by atoms with Crippen LogP contribution in [0.15, 0.2) is 54.2 Å². The minimum absolute atomic E-state index is 0.0757. The molecule has 1 saturated heterocycles. The summed E-state index contributed by atoms with van der Waals surface area (Å²) in [7, 11) is 0. The number of hydrogen-bond acceptors (Lipinski definition) is 5. The Bertz CT molecular complexity index is 1030. The van der Waals surface area contributed by atoms with Crippen molar-refractivity contribution in [3.63, 3.8) is 0 Å². The standard InChI is InChI=1S/C26H30N2O4/c1-3-14-32-22-11-9-20(10-12-22)23-24(27-13-5-7-19(16-27)17-29)26(31)28(25(23)30)21-8-4-6-18(2)15-21/h4,6,8-12,15,19,29H,3,5,7,13-14,16-17H2,1-2H3. The molecule has 6 nitrogen and oxygen atoms in total. The van der Waals surface area contributed by atoms with Gasteiger partial charge in [-0.25, -0.2) is 4.90 Å². The molecule has 32 heavy (non-hydrogen) atoms. The lowest BCUT2D eigenvalue weighted by atomic mass is 9.97. The van der Waals surface area contributed by atoms with Crippen molar-refractivity contribution in [3.8, 4) is 5.75 Å². The number of nitrogens with zero attached hydrogens (tertiary/aromatic N) is 2. The van der Waals surface area contributed by atoms with Gasteiger partial charge in [0.2, 0.25) is 0 Å². The Morgan fingerprint density at radius 1 is 1.09 bits per heavy atom. The second-order valence-corrected chi connectivity index (χ2v) is 8.52. The number of carbonyl (C=O) groups is 2. The van der Waals surface area contributed by atoms with Gasteiger partial charge < -0.3 is 14.7 Å². The summed E-state index contributed by atoms with van der Waals surface area (Å²) in [5.41, 5.74) is 3.09. The Morgan fingerprint density at radius 3 is 2.56 bits per heavy atom. The zero-order valence-corrected chi connectivity index (χ0v) is 18.7. The van der Waals surface area contributed by atoms with Crippen molar-refractivity contribution in [1.29, 1.82) is 0 Å². The predicted octanol–water partition coefficient (Wildman–Crippen LogP) is 3.77. The van der Waals surface area contributed by atoms with Crippen molar-refractivity contribution in [3.05, 3.63) is 65.4 Å². The second-order valence-electron chi connectivity index (χ2n) is 8.52. The molecule has 0 radical (unpaired) electrons. The number of aliphatic hydroxyl groups excluding tert-OH is 1. The van der Waals surface area contributed by atoms with Crippen LogP contribution in [0.3, 0.4) is 0 Å². The summed E-state index contributed by atoms with van der Waals surface area (Å²) in [6.45, 7) is 5.94. The fourth-order valence-electron chi connectivity index (χ4n) is 4.43. The van der Waals surface area contributed by atoms with Crippen LogP contribution in [0.1, 0.15) is 37.3 Å². The molecule has 0 spiro atoms. The van der Waals surface area contributed by atoms with Gasteiger partial charge in [0.05, 0.1) is 17.9 Å². The van der Waals surface area contributed by atoms with E-state index in [1.54, 1.807) is 6.07 Å². The van der Waals surface area contributed by atoms with Crippen molar-refractivity contribution in [2.45, 2.75) is 33.1 Å².